The van der Waals surface area contributed by atoms with E-state index in [4.69, 9.17) is 4.74 Å². The summed E-state index contributed by atoms with van der Waals surface area (Å²) in [6.07, 6.45) is 2.82. The van der Waals surface area contributed by atoms with Crippen LogP contribution in [0.4, 0.5) is 19.7 Å². The molecule has 1 atom stereocenters. The molecule has 1 N–H and O–H groups in total. The smallest absolute Gasteiger partial charge is 0.414 e. The number of cyclic esters (lactones) is 1. The van der Waals surface area contributed by atoms with Crippen LogP contribution in [0.1, 0.15) is 26.5 Å². The quantitative estimate of drug-likeness (QED) is 0.573. The summed E-state index contributed by atoms with van der Waals surface area (Å²) in [6.45, 7) is 6.00. The van der Waals surface area contributed by atoms with Gasteiger partial charge in [-0.05, 0) is 39.0 Å². The van der Waals surface area contributed by atoms with Crippen molar-refractivity contribution in [1.29, 1.82) is 0 Å². The number of aromatic nitrogens is 3. The number of hydrogen-bond acceptors (Lipinski definition) is 6. The number of carbonyl (C=O) groups excluding carboxylic acids is 1. The monoisotopic (exact) mass is 473 g/mol. The Labute approximate surface area is 194 Å². The maximum absolute atomic E-state index is 15.0. The molecule has 0 aliphatic carbocycles. The lowest BCUT2D eigenvalue weighted by Crippen LogP contribution is -2.49. The van der Waals surface area contributed by atoms with Gasteiger partial charge in [0.15, 0.2) is 0 Å². The van der Waals surface area contributed by atoms with Gasteiger partial charge >= 0.3 is 12.2 Å². The Morgan fingerprint density at radius 3 is 2.82 bits per heavy atom. The van der Waals surface area contributed by atoms with Gasteiger partial charge in [0.2, 0.25) is 0 Å². The van der Waals surface area contributed by atoms with Gasteiger partial charge in [-0.25, -0.2) is 23.9 Å². The molecule has 11 heteroatoms. The molecule has 1 saturated heterocycles. The van der Waals surface area contributed by atoms with Gasteiger partial charge in [0.05, 0.1) is 37.3 Å². The molecule has 1 fully saturated rings. The Balaban J connectivity index is 1.47. The minimum atomic E-state index is -1.09. The zero-order valence-corrected chi connectivity index (χ0v) is 19.3. The molecular formula is C22H24FN5O4S. The molecular weight excluding hydrogens is 449 g/mol. The second-order valence-corrected chi connectivity index (χ2v) is 9.58. The fraction of sp³-hybridized carbons (Fsp3) is 0.364. The van der Waals surface area contributed by atoms with E-state index in [0.717, 1.165) is 5.69 Å². The van der Waals surface area contributed by atoms with E-state index in [2.05, 4.69) is 9.97 Å². The van der Waals surface area contributed by atoms with Crippen LogP contribution in [0.3, 0.4) is 0 Å². The minimum absolute atomic E-state index is 0.0282. The van der Waals surface area contributed by atoms with Crippen molar-refractivity contribution in [3.63, 3.8) is 0 Å². The summed E-state index contributed by atoms with van der Waals surface area (Å²) in [5, 5.41) is 11.9. The third-order valence-electron chi connectivity index (χ3n) is 5.25. The molecule has 2 aromatic heterocycles. The van der Waals surface area contributed by atoms with Crippen LogP contribution in [-0.4, -0.2) is 61.5 Å². The van der Waals surface area contributed by atoms with Crippen molar-refractivity contribution < 1.29 is 23.8 Å². The topological polar surface area (TPSA) is 101 Å². The van der Waals surface area contributed by atoms with Gasteiger partial charge in [-0.15, -0.1) is 11.3 Å². The summed E-state index contributed by atoms with van der Waals surface area (Å²) in [7, 11) is 0. The molecule has 0 radical (unpaired) electrons. The van der Waals surface area contributed by atoms with Crippen LogP contribution in [-0.2, 0) is 11.3 Å². The number of ether oxygens (including phenoxy) is 1. The van der Waals surface area contributed by atoms with Crippen LogP contribution in [0.25, 0.3) is 10.6 Å². The number of nitrogens with zero attached hydrogens (tertiary/aromatic N) is 5. The number of imidazole rings is 1. The predicted molar refractivity (Wildman–Crippen MR) is 121 cm³/mol. The lowest BCUT2D eigenvalue weighted by Gasteiger charge is -2.34. The highest BCUT2D eigenvalue weighted by Crippen LogP contribution is 2.31. The highest BCUT2D eigenvalue weighted by molar-refractivity contribution is 7.13. The van der Waals surface area contributed by atoms with Crippen molar-refractivity contribution in [2.24, 2.45) is 0 Å². The van der Waals surface area contributed by atoms with E-state index in [0.29, 0.717) is 22.8 Å². The highest BCUT2D eigenvalue weighted by atomic mass is 32.1. The zero-order chi connectivity index (χ0) is 23.8. The van der Waals surface area contributed by atoms with Gasteiger partial charge in [0, 0.05) is 28.9 Å². The van der Waals surface area contributed by atoms with Gasteiger partial charge in [0.25, 0.3) is 0 Å². The number of thiazole rings is 1. The van der Waals surface area contributed by atoms with E-state index >= 15 is 0 Å². The Morgan fingerprint density at radius 2 is 2.18 bits per heavy atom. The first-order chi connectivity index (χ1) is 15.6. The average molecular weight is 474 g/mol. The molecule has 0 spiro atoms. The van der Waals surface area contributed by atoms with Gasteiger partial charge in [-0.1, -0.05) is 0 Å². The van der Waals surface area contributed by atoms with Crippen LogP contribution >= 0.6 is 11.3 Å². The summed E-state index contributed by atoms with van der Waals surface area (Å²) < 4.78 is 22.2. The SMILES string of the molecule is CC(C)(C)N(C[C@@H]1CN(c2ccc(-c3nc(Cn4ccnc4)cs3)c(F)c2)C(=O)O1)C(=O)O. The minimum Gasteiger partial charge on any atom is -0.465 e. The molecule has 3 aromatic rings. The lowest BCUT2D eigenvalue weighted by atomic mass is 10.1. The molecule has 1 aliphatic rings. The third-order valence-corrected chi connectivity index (χ3v) is 6.18. The molecule has 1 aliphatic heterocycles. The Kier molecular flexibility index (Phi) is 6.07. The molecule has 2 amide bonds. The Morgan fingerprint density at radius 1 is 1.39 bits per heavy atom. The summed E-state index contributed by atoms with van der Waals surface area (Å²) >= 11 is 1.34. The molecule has 9 nitrogen and oxygen atoms in total. The number of amides is 2. The standard InChI is InChI=1S/C22H24FN5O4S/c1-22(2,3)28(20(29)30)11-16-10-27(21(31)32-16)15-4-5-17(18(23)8-15)19-25-14(12-33-19)9-26-7-6-24-13-26/h4-8,12-13,16H,9-11H2,1-3H3,(H,29,30)/t16-/m0/s1. The van der Waals surface area contributed by atoms with Crippen LogP contribution < -0.4 is 4.90 Å². The van der Waals surface area contributed by atoms with Crippen molar-refractivity contribution in [2.75, 3.05) is 18.0 Å². The molecule has 33 heavy (non-hydrogen) atoms. The number of anilines is 1. The second-order valence-electron chi connectivity index (χ2n) is 8.72. The van der Waals surface area contributed by atoms with E-state index in [1.165, 1.54) is 27.2 Å². The molecule has 0 bridgehead atoms. The van der Waals surface area contributed by atoms with Crippen molar-refractivity contribution in [3.05, 3.63) is 53.8 Å². The van der Waals surface area contributed by atoms with Gasteiger partial charge in [0.1, 0.15) is 16.9 Å². The van der Waals surface area contributed by atoms with Crippen molar-refractivity contribution >= 4 is 29.2 Å². The average Bonchev–Trinajstić information content (AvgIpc) is 3.47. The second kappa shape index (κ2) is 8.81. The number of benzene rings is 1. The maximum Gasteiger partial charge on any atom is 0.414 e. The lowest BCUT2D eigenvalue weighted by molar-refractivity contribution is 0.0605. The Bertz CT molecular complexity index is 1160. The molecule has 3 heterocycles. The van der Waals surface area contributed by atoms with Crippen molar-refractivity contribution in [3.8, 4) is 10.6 Å². The molecule has 1 aromatic carbocycles. The van der Waals surface area contributed by atoms with E-state index in [1.807, 2.05) is 16.1 Å². The zero-order valence-electron chi connectivity index (χ0n) is 18.4. The highest BCUT2D eigenvalue weighted by Gasteiger charge is 2.37. The molecule has 4 rings (SSSR count). The van der Waals surface area contributed by atoms with E-state index in [1.54, 1.807) is 45.4 Å². The summed E-state index contributed by atoms with van der Waals surface area (Å²) in [5.74, 6) is -0.505. The van der Waals surface area contributed by atoms with E-state index in [-0.39, 0.29) is 13.1 Å². The fourth-order valence-electron chi connectivity index (χ4n) is 3.59. The first-order valence-corrected chi connectivity index (χ1v) is 11.2. The van der Waals surface area contributed by atoms with Crippen molar-refractivity contribution in [1.82, 2.24) is 19.4 Å². The summed E-state index contributed by atoms with van der Waals surface area (Å²) in [5.41, 5.74) is 0.833. The number of rotatable bonds is 6. The van der Waals surface area contributed by atoms with Crippen LogP contribution in [0.2, 0.25) is 0 Å². The largest absolute Gasteiger partial charge is 0.465 e. The first-order valence-electron chi connectivity index (χ1n) is 10.3. The molecule has 0 saturated carbocycles. The van der Waals surface area contributed by atoms with Crippen molar-refractivity contribution in [2.45, 2.75) is 39.0 Å². The van der Waals surface area contributed by atoms with Gasteiger partial charge < -0.3 is 14.4 Å². The van der Waals surface area contributed by atoms with E-state index < -0.39 is 29.6 Å². The van der Waals surface area contributed by atoms with Crippen LogP contribution in [0, 0.1) is 5.82 Å². The van der Waals surface area contributed by atoms with E-state index in [9.17, 15) is 19.1 Å². The normalized spacial score (nSPS) is 16.2. The maximum atomic E-state index is 15.0. The summed E-state index contributed by atoms with van der Waals surface area (Å²) in [6, 6.07) is 4.50. The third kappa shape index (κ3) is 4.98. The number of carbonyl (C=O) groups is 2. The number of carboxylic acid groups (broad SMARTS) is 1. The van der Waals surface area contributed by atoms with Crippen LogP contribution in [0.5, 0.6) is 0 Å². The van der Waals surface area contributed by atoms with Gasteiger partial charge in [-0.2, -0.15) is 0 Å². The predicted octanol–water partition coefficient (Wildman–Crippen LogP) is 4.30. The molecule has 0 unspecified atom stereocenters. The number of halogens is 1. The molecule has 174 valence electrons. The van der Waals surface area contributed by atoms with Gasteiger partial charge in [-0.3, -0.25) is 9.80 Å². The van der Waals surface area contributed by atoms with Crippen LogP contribution in [0.15, 0.2) is 42.3 Å². The summed E-state index contributed by atoms with van der Waals surface area (Å²) in [4.78, 5) is 35.0. The Hall–Kier alpha value is -3.47. The fourth-order valence-corrected chi connectivity index (χ4v) is 4.42. The number of hydrogen-bond donors (Lipinski definition) is 1. The first kappa shape index (κ1) is 22.7.